The van der Waals surface area contributed by atoms with E-state index in [1.165, 1.54) is 6.20 Å². The third-order valence-electron chi connectivity index (χ3n) is 2.08. The van der Waals surface area contributed by atoms with Gasteiger partial charge in [-0.3, -0.25) is 0 Å². The molecule has 0 fully saturated rings. The lowest BCUT2D eigenvalue weighted by Gasteiger charge is -2.04. The first-order chi connectivity index (χ1) is 8.29. The summed E-state index contributed by atoms with van der Waals surface area (Å²) < 4.78 is 10.5. The molecule has 0 atom stereocenters. The molecular formula is C11H11N3O3. The maximum atomic E-state index is 8.55. The molecule has 0 aromatic carbocycles. The van der Waals surface area contributed by atoms with Crippen LogP contribution >= 0.6 is 0 Å². The quantitative estimate of drug-likeness (QED) is 0.360. The lowest BCUT2D eigenvalue weighted by atomic mass is 10.2. The molecule has 2 heterocycles. The zero-order chi connectivity index (χ0) is 12.1. The van der Waals surface area contributed by atoms with Gasteiger partial charge >= 0.3 is 0 Å². The molecule has 0 unspecified atom stereocenters. The summed E-state index contributed by atoms with van der Waals surface area (Å²) in [6.45, 7) is 0.277. The highest BCUT2D eigenvalue weighted by Crippen LogP contribution is 2.11. The summed E-state index contributed by atoms with van der Waals surface area (Å²) in [4.78, 5) is 4.00. The largest absolute Gasteiger partial charge is 0.469 e. The minimum Gasteiger partial charge on any atom is -0.469 e. The summed E-state index contributed by atoms with van der Waals surface area (Å²) in [7, 11) is 0. The number of hydrogen-bond donors (Lipinski definition) is 2. The zero-order valence-corrected chi connectivity index (χ0v) is 8.91. The Balaban J connectivity index is 2.06. The Hall–Kier alpha value is -2.50. The molecule has 2 rings (SSSR count). The number of furan rings is 1. The van der Waals surface area contributed by atoms with Crippen molar-refractivity contribution in [3.8, 4) is 5.88 Å². The van der Waals surface area contributed by atoms with Gasteiger partial charge in [0.2, 0.25) is 5.88 Å². The first-order valence-corrected chi connectivity index (χ1v) is 4.88. The predicted molar refractivity (Wildman–Crippen MR) is 59.8 cm³/mol. The van der Waals surface area contributed by atoms with E-state index < -0.39 is 0 Å². The molecule has 2 aromatic rings. The number of nitrogens with zero attached hydrogens (tertiary/aromatic N) is 2. The van der Waals surface area contributed by atoms with E-state index in [1.807, 2.05) is 0 Å². The van der Waals surface area contributed by atoms with Gasteiger partial charge in [-0.15, -0.1) is 0 Å². The predicted octanol–water partition coefficient (Wildman–Crippen LogP) is 1.35. The number of amidine groups is 1. The van der Waals surface area contributed by atoms with Crippen LogP contribution in [0.3, 0.4) is 0 Å². The molecule has 0 radical (unpaired) electrons. The molecule has 0 saturated carbocycles. The fourth-order valence-corrected chi connectivity index (χ4v) is 1.25. The monoisotopic (exact) mass is 233 g/mol. The molecular weight excluding hydrogens is 222 g/mol. The van der Waals surface area contributed by atoms with E-state index in [4.69, 9.17) is 20.1 Å². The van der Waals surface area contributed by atoms with Crippen LogP contribution in [0.25, 0.3) is 0 Å². The SMILES string of the molecule is N/C(=N\O)c1ccnc(OCc2ccco2)c1. The molecule has 0 bridgehead atoms. The molecule has 0 aliphatic heterocycles. The summed E-state index contributed by atoms with van der Waals surface area (Å²) in [5.41, 5.74) is 5.99. The van der Waals surface area contributed by atoms with Crippen molar-refractivity contribution in [3.05, 3.63) is 48.0 Å². The Labute approximate surface area is 97.3 Å². The van der Waals surface area contributed by atoms with Crippen molar-refractivity contribution >= 4 is 5.84 Å². The smallest absolute Gasteiger partial charge is 0.214 e. The van der Waals surface area contributed by atoms with E-state index in [2.05, 4.69) is 10.1 Å². The van der Waals surface area contributed by atoms with Gasteiger partial charge in [0.15, 0.2) is 5.84 Å². The molecule has 0 aliphatic rings. The van der Waals surface area contributed by atoms with Crippen LogP contribution in [0.2, 0.25) is 0 Å². The Bertz CT molecular complexity index is 508. The summed E-state index contributed by atoms with van der Waals surface area (Å²) in [5, 5.41) is 11.4. The molecule has 2 aromatic heterocycles. The second kappa shape index (κ2) is 5.02. The fourth-order valence-electron chi connectivity index (χ4n) is 1.25. The van der Waals surface area contributed by atoms with Crippen LogP contribution in [-0.4, -0.2) is 16.0 Å². The van der Waals surface area contributed by atoms with E-state index in [-0.39, 0.29) is 12.4 Å². The number of pyridine rings is 1. The van der Waals surface area contributed by atoms with Crippen molar-refractivity contribution in [2.45, 2.75) is 6.61 Å². The van der Waals surface area contributed by atoms with Gasteiger partial charge in [0, 0.05) is 17.8 Å². The van der Waals surface area contributed by atoms with Crippen molar-refractivity contribution < 1.29 is 14.4 Å². The van der Waals surface area contributed by atoms with Crippen LogP contribution < -0.4 is 10.5 Å². The van der Waals surface area contributed by atoms with Gasteiger partial charge in [0.25, 0.3) is 0 Å². The molecule has 0 amide bonds. The average molecular weight is 233 g/mol. The molecule has 88 valence electrons. The van der Waals surface area contributed by atoms with Crippen LogP contribution in [0.4, 0.5) is 0 Å². The van der Waals surface area contributed by atoms with Crippen molar-refractivity contribution in [2.24, 2.45) is 10.9 Å². The number of ether oxygens (including phenoxy) is 1. The molecule has 0 spiro atoms. The highest BCUT2D eigenvalue weighted by atomic mass is 16.5. The molecule has 3 N–H and O–H groups in total. The van der Waals surface area contributed by atoms with Crippen LogP contribution in [0.1, 0.15) is 11.3 Å². The van der Waals surface area contributed by atoms with Crippen LogP contribution in [0, 0.1) is 0 Å². The lowest BCUT2D eigenvalue weighted by molar-refractivity contribution is 0.260. The summed E-state index contributed by atoms with van der Waals surface area (Å²) in [6.07, 6.45) is 3.09. The van der Waals surface area contributed by atoms with Gasteiger partial charge < -0.3 is 20.1 Å². The van der Waals surface area contributed by atoms with Gasteiger partial charge in [0.05, 0.1) is 6.26 Å². The third-order valence-corrected chi connectivity index (χ3v) is 2.08. The summed E-state index contributed by atoms with van der Waals surface area (Å²) in [5.74, 6) is 1.08. The number of hydrogen-bond acceptors (Lipinski definition) is 5. The molecule has 6 heteroatoms. The van der Waals surface area contributed by atoms with Gasteiger partial charge in [-0.25, -0.2) is 4.98 Å². The van der Waals surface area contributed by atoms with Gasteiger partial charge in [-0.2, -0.15) is 0 Å². The number of nitrogens with two attached hydrogens (primary N) is 1. The fraction of sp³-hybridized carbons (Fsp3) is 0.0909. The standard InChI is InChI=1S/C11H11N3O3/c12-11(14-15)8-3-4-13-10(6-8)17-7-9-2-1-5-16-9/h1-6,15H,7H2,(H2,12,14). The molecule has 17 heavy (non-hydrogen) atoms. The maximum Gasteiger partial charge on any atom is 0.214 e. The van der Waals surface area contributed by atoms with E-state index in [0.29, 0.717) is 17.2 Å². The van der Waals surface area contributed by atoms with Crippen molar-refractivity contribution in [1.82, 2.24) is 4.98 Å². The van der Waals surface area contributed by atoms with Crippen LogP contribution in [0.15, 0.2) is 46.3 Å². The first kappa shape index (κ1) is 11.0. The molecule has 6 nitrogen and oxygen atoms in total. The summed E-state index contributed by atoms with van der Waals surface area (Å²) >= 11 is 0. The highest BCUT2D eigenvalue weighted by Gasteiger charge is 2.03. The van der Waals surface area contributed by atoms with Gasteiger partial charge in [-0.1, -0.05) is 5.16 Å². The Morgan fingerprint density at radius 2 is 2.41 bits per heavy atom. The van der Waals surface area contributed by atoms with Crippen LogP contribution in [0.5, 0.6) is 5.88 Å². The number of aromatic nitrogens is 1. The Kier molecular flexibility index (Phi) is 3.25. The minimum absolute atomic E-state index is 0.00949. The van der Waals surface area contributed by atoms with Gasteiger partial charge in [0.1, 0.15) is 12.4 Å². The third kappa shape index (κ3) is 2.75. The summed E-state index contributed by atoms with van der Waals surface area (Å²) in [6, 6.07) is 6.78. The topological polar surface area (TPSA) is 93.9 Å². The maximum absolute atomic E-state index is 8.55. The van der Waals surface area contributed by atoms with Crippen molar-refractivity contribution in [2.75, 3.05) is 0 Å². The minimum atomic E-state index is 0.00949. The highest BCUT2D eigenvalue weighted by molar-refractivity contribution is 5.97. The van der Waals surface area contributed by atoms with E-state index in [1.54, 1.807) is 30.5 Å². The Morgan fingerprint density at radius 1 is 1.53 bits per heavy atom. The molecule has 0 aliphatic carbocycles. The van der Waals surface area contributed by atoms with Gasteiger partial charge in [-0.05, 0) is 18.2 Å². The van der Waals surface area contributed by atoms with Crippen molar-refractivity contribution in [1.29, 1.82) is 0 Å². The second-order valence-corrected chi connectivity index (χ2v) is 3.24. The van der Waals surface area contributed by atoms with E-state index in [0.717, 1.165) is 0 Å². The first-order valence-electron chi connectivity index (χ1n) is 4.88. The van der Waals surface area contributed by atoms with Crippen LogP contribution in [-0.2, 0) is 6.61 Å². The second-order valence-electron chi connectivity index (χ2n) is 3.24. The molecule has 0 saturated heterocycles. The van der Waals surface area contributed by atoms with E-state index in [9.17, 15) is 0 Å². The van der Waals surface area contributed by atoms with E-state index >= 15 is 0 Å². The average Bonchev–Trinajstić information content (AvgIpc) is 2.89. The normalized spacial score (nSPS) is 11.4. The zero-order valence-electron chi connectivity index (χ0n) is 8.91. The Morgan fingerprint density at radius 3 is 3.12 bits per heavy atom. The number of rotatable bonds is 4. The number of oxime groups is 1. The van der Waals surface area contributed by atoms with Crippen molar-refractivity contribution in [3.63, 3.8) is 0 Å². The lowest BCUT2D eigenvalue weighted by Crippen LogP contribution is -2.13.